The molecular formula is C15H12ClN3S. The van der Waals surface area contributed by atoms with Crippen molar-refractivity contribution in [3.05, 3.63) is 52.0 Å². The van der Waals surface area contributed by atoms with Crippen LogP contribution < -0.4 is 0 Å². The molecular weight excluding hydrogens is 290 g/mol. The predicted octanol–water partition coefficient (Wildman–Crippen LogP) is 4.61. The molecule has 3 aromatic rings. The van der Waals surface area contributed by atoms with Crippen molar-refractivity contribution < 1.29 is 0 Å². The molecule has 4 rings (SSSR count). The minimum atomic E-state index is 0.552. The van der Waals surface area contributed by atoms with Crippen LogP contribution in [0.3, 0.4) is 0 Å². The largest absolute Gasteiger partial charge is 0.273 e. The smallest absolute Gasteiger partial charge is 0.199 e. The molecule has 100 valence electrons. The molecule has 0 saturated heterocycles. The van der Waals surface area contributed by atoms with Gasteiger partial charge < -0.3 is 0 Å². The molecule has 1 aliphatic rings. The normalized spacial score (nSPS) is 14.8. The Kier molecular flexibility index (Phi) is 2.69. The molecule has 2 aromatic carbocycles. The van der Waals surface area contributed by atoms with E-state index in [1.807, 2.05) is 10.6 Å². The van der Waals surface area contributed by atoms with Gasteiger partial charge in [0.1, 0.15) is 6.33 Å². The first kappa shape index (κ1) is 12.1. The number of aromatic nitrogens is 3. The summed E-state index contributed by atoms with van der Waals surface area (Å²) in [5.41, 5.74) is 2.26. The van der Waals surface area contributed by atoms with Crippen LogP contribution in [0.4, 0.5) is 0 Å². The summed E-state index contributed by atoms with van der Waals surface area (Å²) in [5, 5.41) is 9.88. The van der Waals surface area contributed by atoms with Gasteiger partial charge in [-0.05, 0) is 48.0 Å². The lowest BCUT2D eigenvalue weighted by atomic mass is 9.99. The number of hydrogen-bond acceptors (Lipinski definition) is 2. The van der Waals surface area contributed by atoms with Crippen LogP contribution in [-0.2, 0) is 0 Å². The molecule has 1 saturated carbocycles. The molecule has 0 amide bonds. The van der Waals surface area contributed by atoms with E-state index in [2.05, 4.69) is 34.5 Å². The number of benzene rings is 2. The second-order valence-electron chi connectivity index (χ2n) is 5.15. The molecule has 1 aliphatic carbocycles. The van der Waals surface area contributed by atoms with Crippen LogP contribution in [0.1, 0.15) is 24.3 Å². The van der Waals surface area contributed by atoms with Gasteiger partial charge in [-0.25, -0.2) is 0 Å². The van der Waals surface area contributed by atoms with Gasteiger partial charge in [-0.2, -0.15) is 5.10 Å². The molecule has 1 N–H and O–H groups in total. The third-order valence-electron chi connectivity index (χ3n) is 3.81. The van der Waals surface area contributed by atoms with Gasteiger partial charge in [0.2, 0.25) is 0 Å². The van der Waals surface area contributed by atoms with Crippen molar-refractivity contribution in [2.75, 3.05) is 0 Å². The van der Waals surface area contributed by atoms with Crippen molar-refractivity contribution in [1.82, 2.24) is 14.8 Å². The van der Waals surface area contributed by atoms with Gasteiger partial charge >= 0.3 is 0 Å². The zero-order valence-electron chi connectivity index (χ0n) is 10.6. The Hall–Kier alpha value is -1.65. The Morgan fingerprint density at radius 3 is 2.65 bits per heavy atom. The average molecular weight is 302 g/mol. The van der Waals surface area contributed by atoms with Gasteiger partial charge in [0.25, 0.3) is 0 Å². The maximum atomic E-state index is 6.53. The number of aromatic amines is 1. The van der Waals surface area contributed by atoms with Crippen LogP contribution in [0.2, 0.25) is 5.02 Å². The summed E-state index contributed by atoms with van der Waals surface area (Å²) in [4.78, 5) is 0. The summed E-state index contributed by atoms with van der Waals surface area (Å²) < 4.78 is 2.38. The summed E-state index contributed by atoms with van der Waals surface area (Å²) in [6.07, 6.45) is 4.18. The first-order valence-electron chi connectivity index (χ1n) is 6.59. The van der Waals surface area contributed by atoms with Gasteiger partial charge in [0, 0.05) is 5.39 Å². The van der Waals surface area contributed by atoms with Crippen molar-refractivity contribution in [1.29, 1.82) is 0 Å². The fourth-order valence-electron chi connectivity index (χ4n) is 2.74. The Morgan fingerprint density at radius 1 is 1.25 bits per heavy atom. The zero-order chi connectivity index (χ0) is 13.7. The highest BCUT2D eigenvalue weighted by molar-refractivity contribution is 7.71. The Bertz CT molecular complexity index is 861. The molecule has 0 spiro atoms. The van der Waals surface area contributed by atoms with Crippen molar-refractivity contribution in [2.45, 2.75) is 18.8 Å². The third kappa shape index (κ3) is 1.79. The predicted molar refractivity (Wildman–Crippen MR) is 83.2 cm³/mol. The van der Waals surface area contributed by atoms with Crippen LogP contribution in [0, 0.1) is 4.77 Å². The number of halogens is 1. The van der Waals surface area contributed by atoms with Crippen molar-refractivity contribution >= 4 is 34.6 Å². The van der Waals surface area contributed by atoms with E-state index < -0.39 is 0 Å². The number of hydrogen-bond donors (Lipinski definition) is 1. The van der Waals surface area contributed by atoms with Crippen molar-refractivity contribution in [3.63, 3.8) is 0 Å². The van der Waals surface area contributed by atoms with Crippen molar-refractivity contribution in [3.8, 4) is 5.69 Å². The Balaban J connectivity index is 2.12. The summed E-state index contributed by atoms with van der Waals surface area (Å²) >= 11 is 11.8. The second kappa shape index (κ2) is 4.43. The minimum absolute atomic E-state index is 0.552. The van der Waals surface area contributed by atoms with E-state index in [0.717, 1.165) is 16.1 Å². The summed E-state index contributed by atoms with van der Waals surface area (Å²) in [5.74, 6) is 0.656. The lowest BCUT2D eigenvalue weighted by molar-refractivity contribution is 1.04. The maximum Gasteiger partial charge on any atom is 0.199 e. The fraction of sp³-hybridized carbons (Fsp3) is 0.200. The molecule has 0 bridgehead atoms. The van der Waals surface area contributed by atoms with Crippen LogP contribution >= 0.6 is 23.8 Å². The summed E-state index contributed by atoms with van der Waals surface area (Å²) in [7, 11) is 0. The van der Waals surface area contributed by atoms with E-state index in [1.54, 1.807) is 6.33 Å². The van der Waals surface area contributed by atoms with Gasteiger partial charge in [-0.3, -0.25) is 9.67 Å². The lowest BCUT2D eigenvalue weighted by Gasteiger charge is -2.13. The highest BCUT2D eigenvalue weighted by Gasteiger charge is 2.27. The number of nitrogens with zero attached hydrogens (tertiary/aromatic N) is 2. The minimum Gasteiger partial charge on any atom is -0.273 e. The number of nitrogens with one attached hydrogen (secondary N) is 1. The second-order valence-corrected chi connectivity index (χ2v) is 5.94. The van der Waals surface area contributed by atoms with E-state index >= 15 is 0 Å². The highest BCUT2D eigenvalue weighted by Crippen LogP contribution is 2.45. The van der Waals surface area contributed by atoms with Crippen LogP contribution in [0.25, 0.3) is 16.5 Å². The van der Waals surface area contributed by atoms with E-state index in [4.69, 9.17) is 23.8 Å². The molecule has 0 unspecified atom stereocenters. The molecule has 0 atom stereocenters. The topological polar surface area (TPSA) is 33.6 Å². The molecule has 1 aromatic heterocycles. The van der Waals surface area contributed by atoms with Crippen molar-refractivity contribution in [2.24, 2.45) is 0 Å². The SMILES string of the molecule is S=c1[nH]ncn1-c1c(Cl)cc(C2CC2)c2ccccc12. The van der Waals surface area contributed by atoms with Crippen LogP contribution in [-0.4, -0.2) is 14.8 Å². The number of H-pyrrole nitrogens is 1. The number of fused-ring (bicyclic) bond motifs is 1. The van der Waals surface area contributed by atoms with E-state index in [1.165, 1.54) is 23.8 Å². The Morgan fingerprint density at radius 2 is 2.00 bits per heavy atom. The van der Waals surface area contributed by atoms with Crippen LogP contribution in [0.5, 0.6) is 0 Å². The first-order chi connectivity index (χ1) is 9.75. The lowest BCUT2D eigenvalue weighted by Crippen LogP contribution is -1.97. The Labute approximate surface area is 126 Å². The van der Waals surface area contributed by atoms with E-state index in [0.29, 0.717) is 10.7 Å². The van der Waals surface area contributed by atoms with Crippen LogP contribution in [0.15, 0.2) is 36.7 Å². The molecule has 3 nitrogen and oxygen atoms in total. The van der Waals surface area contributed by atoms with E-state index in [9.17, 15) is 0 Å². The quantitative estimate of drug-likeness (QED) is 0.701. The summed E-state index contributed by atoms with van der Waals surface area (Å²) in [6, 6.07) is 10.4. The van der Waals surface area contributed by atoms with Gasteiger partial charge in [-0.1, -0.05) is 35.9 Å². The maximum absolute atomic E-state index is 6.53. The average Bonchev–Trinajstić information content (AvgIpc) is 3.21. The number of rotatable bonds is 2. The fourth-order valence-corrected chi connectivity index (χ4v) is 3.24. The third-order valence-corrected chi connectivity index (χ3v) is 4.39. The van der Waals surface area contributed by atoms with Gasteiger partial charge in [-0.15, -0.1) is 0 Å². The molecule has 20 heavy (non-hydrogen) atoms. The summed E-state index contributed by atoms with van der Waals surface area (Å²) in [6.45, 7) is 0. The molecule has 5 heteroatoms. The standard InChI is InChI=1S/C15H12ClN3S/c16-13-7-12(9-5-6-9)10-3-1-2-4-11(10)14(13)19-8-17-18-15(19)20/h1-4,7-9H,5-6H2,(H,18,20). The molecule has 0 radical (unpaired) electrons. The monoisotopic (exact) mass is 301 g/mol. The first-order valence-corrected chi connectivity index (χ1v) is 7.38. The molecule has 1 fully saturated rings. The van der Waals surface area contributed by atoms with Gasteiger partial charge in [0.05, 0.1) is 10.7 Å². The zero-order valence-corrected chi connectivity index (χ0v) is 12.2. The van der Waals surface area contributed by atoms with E-state index in [-0.39, 0.29) is 0 Å². The molecule has 1 heterocycles. The van der Waals surface area contributed by atoms with Gasteiger partial charge in [0.15, 0.2) is 4.77 Å². The molecule has 0 aliphatic heterocycles. The highest BCUT2D eigenvalue weighted by atomic mass is 35.5.